The largest absolute Gasteiger partial charge is 0.483 e. The van der Waals surface area contributed by atoms with Gasteiger partial charge in [0.1, 0.15) is 29.0 Å². The van der Waals surface area contributed by atoms with Crippen LogP contribution >= 0.6 is 0 Å². The summed E-state index contributed by atoms with van der Waals surface area (Å²) in [7, 11) is 0. The Morgan fingerprint density at radius 3 is 2.24 bits per heavy atom. The highest BCUT2D eigenvalue weighted by Gasteiger charge is 2.53. The number of aryl methyl sites for hydroxylation is 1. The minimum absolute atomic E-state index is 0.00906. The van der Waals surface area contributed by atoms with Gasteiger partial charge in [-0.2, -0.15) is 0 Å². The molecule has 1 saturated heterocycles. The number of nitrogens with one attached hydrogen (secondary N) is 5. The van der Waals surface area contributed by atoms with Crippen LogP contribution in [0.15, 0.2) is 109 Å². The first-order chi connectivity index (χ1) is 39.9. The van der Waals surface area contributed by atoms with Gasteiger partial charge in [0.25, 0.3) is 11.8 Å². The number of likely N-dealkylation sites (tertiary alicyclic amines) is 1. The van der Waals surface area contributed by atoms with Crippen molar-refractivity contribution in [2.75, 3.05) is 26.2 Å². The van der Waals surface area contributed by atoms with Gasteiger partial charge in [-0.15, -0.1) is 0 Å². The van der Waals surface area contributed by atoms with E-state index in [-0.39, 0.29) is 70.1 Å². The Labute approximate surface area is 483 Å². The number of ether oxygens (including phenoxy) is 1. The summed E-state index contributed by atoms with van der Waals surface area (Å²) in [6.45, 7) is 7.52. The Kier molecular flexibility index (Phi) is 18.9. The van der Waals surface area contributed by atoms with Crippen LogP contribution in [-0.2, 0) is 37.1 Å². The van der Waals surface area contributed by atoms with Gasteiger partial charge in [-0.25, -0.2) is 9.37 Å². The number of carbonyl (C=O) groups excluding carboxylic acids is 5. The molecular formula is C65H76FN9O8. The third-order valence-corrected chi connectivity index (χ3v) is 15.8. The van der Waals surface area contributed by atoms with Crippen molar-refractivity contribution < 1.29 is 43.3 Å². The molecule has 3 atom stereocenters. The molecule has 3 heterocycles. The number of aliphatic hydroxyl groups is 2. The van der Waals surface area contributed by atoms with E-state index in [9.17, 15) is 44.0 Å². The number of aromatic nitrogens is 3. The maximum Gasteiger partial charge on any atom is 0.258 e. The number of unbranched alkanes of at least 4 members (excludes halogenated alkanes) is 2. The second-order valence-electron chi connectivity index (χ2n) is 23.4. The van der Waals surface area contributed by atoms with Crippen molar-refractivity contribution in [2.45, 2.75) is 147 Å². The predicted octanol–water partition coefficient (Wildman–Crippen LogP) is 7.32. The lowest BCUT2D eigenvalue weighted by molar-refractivity contribution is -0.145. The second-order valence-corrected chi connectivity index (χ2v) is 23.4. The Balaban J connectivity index is 0.728. The molecule has 6 aromatic rings. The number of β-amino-alcohol motifs (C(OH)–C–C–N with tert-alkyl or cyclic N) is 1. The number of hydrogen-bond donors (Lipinski definition) is 7. The summed E-state index contributed by atoms with van der Waals surface area (Å²) < 4.78 is 24.7. The Hall–Kier alpha value is -8.14. The van der Waals surface area contributed by atoms with E-state index in [1.54, 1.807) is 39.2 Å². The summed E-state index contributed by atoms with van der Waals surface area (Å²) in [4.78, 5) is 72.0. The van der Waals surface area contributed by atoms with Crippen LogP contribution in [0.4, 0.5) is 4.39 Å². The van der Waals surface area contributed by atoms with Crippen LogP contribution in [0.5, 0.6) is 5.75 Å². The second kappa shape index (κ2) is 26.4. The van der Waals surface area contributed by atoms with Gasteiger partial charge in [-0.3, -0.25) is 29.4 Å². The normalized spacial score (nSPS) is 18.6. The quantitative estimate of drug-likeness (QED) is 0.0282. The van der Waals surface area contributed by atoms with Gasteiger partial charge in [0.2, 0.25) is 17.7 Å². The van der Waals surface area contributed by atoms with Gasteiger partial charge in [0.05, 0.1) is 29.6 Å². The zero-order valence-corrected chi connectivity index (χ0v) is 47.8. The molecule has 7 N–H and O–H groups in total. The van der Waals surface area contributed by atoms with Crippen LogP contribution in [0, 0.1) is 29.6 Å². The number of alkyl halides is 1. The Morgan fingerprint density at radius 1 is 0.843 bits per heavy atom. The molecular weight excluding hydrogens is 1050 g/mol. The lowest BCUT2D eigenvalue weighted by Gasteiger charge is -2.35. The molecule has 3 fully saturated rings. The number of fused-ring (bicyclic) bond motifs is 1. The van der Waals surface area contributed by atoms with E-state index in [4.69, 9.17) is 9.72 Å². The Morgan fingerprint density at radius 2 is 1.54 bits per heavy atom. The predicted molar refractivity (Wildman–Crippen MR) is 314 cm³/mol. The van der Waals surface area contributed by atoms with E-state index in [1.165, 1.54) is 4.90 Å². The highest BCUT2D eigenvalue weighted by Crippen LogP contribution is 2.42. The lowest BCUT2D eigenvalue weighted by Crippen LogP contribution is -2.59. The number of carbonyl (C=O) groups is 5. The van der Waals surface area contributed by atoms with Gasteiger partial charge < -0.3 is 50.3 Å². The molecule has 2 saturated carbocycles. The number of benzene rings is 4. The fraction of sp³-hybridized carbons (Fsp3) is 0.431. The average Bonchev–Trinajstić information content (AvgIpc) is 3.63. The van der Waals surface area contributed by atoms with Crippen molar-refractivity contribution in [2.24, 2.45) is 5.41 Å². The summed E-state index contributed by atoms with van der Waals surface area (Å²) in [5.41, 5.74) is 5.63. The van der Waals surface area contributed by atoms with Gasteiger partial charge in [-0.1, -0.05) is 118 Å². The molecule has 18 heteroatoms. The summed E-state index contributed by atoms with van der Waals surface area (Å²) in [6, 6.07) is 31.9. The first kappa shape index (κ1) is 59.5. The standard InChI is InChI=1S/C65H76FN9O8/c1-42-24-25-47(37-70-61(80)51-36-50(77)39-73(51)62(81)58(64(2,3)4)72-63(82)65(66)30-31-65)52(34-42)83-40-54(79)69-33-32-68-53(78)23-14-6-5-9-16-43-17-15-18-44(35-43)38-74-57(46-21-12-8-13-22-46)55(45-19-10-7-11-20-45)56-59(67)75(41-71-60(56)74)48-26-28-49(76)29-27-48/h7-8,10-13,15,17-22,24-25,34-35,41,48-51,58,67,76-77H,5-6,14,23,26-33,36-40H2,1-4H3,(H,68,78)(H,69,79)(H,70,80)(H,72,82)/t48?,49?,50-,51+,58-/m1/s1. The van der Waals surface area contributed by atoms with Crippen molar-refractivity contribution in [3.63, 3.8) is 0 Å². The van der Waals surface area contributed by atoms with Gasteiger partial charge in [0, 0.05) is 74.7 Å². The van der Waals surface area contributed by atoms with Gasteiger partial charge in [-0.05, 0) is 104 Å². The third-order valence-electron chi connectivity index (χ3n) is 15.8. The first-order valence-corrected chi connectivity index (χ1v) is 28.9. The topological polar surface area (TPSA) is 233 Å². The highest BCUT2D eigenvalue weighted by atomic mass is 19.1. The minimum atomic E-state index is -1.99. The fourth-order valence-corrected chi connectivity index (χ4v) is 11.1. The van der Waals surface area contributed by atoms with E-state index in [0.717, 1.165) is 69.4 Å². The van der Waals surface area contributed by atoms with Gasteiger partial charge >= 0.3 is 0 Å². The molecule has 0 spiro atoms. The number of hydrogen-bond acceptors (Lipinski definition) is 10. The molecule has 436 valence electrons. The maximum absolute atomic E-state index is 14.6. The van der Waals surface area contributed by atoms with Crippen molar-refractivity contribution in [1.29, 1.82) is 5.41 Å². The monoisotopic (exact) mass is 1130 g/mol. The average molecular weight is 1130 g/mol. The molecule has 0 unspecified atom stereocenters. The molecule has 83 heavy (non-hydrogen) atoms. The maximum atomic E-state index is 14.6. The molecule has 17 nitrogen and oxygen atoms in total. The van der Waals surface area contributed by atoms with E-state index < -0.39 is 52.9 Å². The van der Waals surface area contributed by atoms with Crippen LogP contribution in [0.3, 0.4) is 0 Å². The SMILES string of the molecule is Cc1ccc(CNC(=O)[C@@H]2C[C@@H](O)CN2C(=O)[C@@H](NC(=O)C2(F)CC2)C(C)(C)C)c(OCC(=O)NCCNC(=O)CCCCC#Cc2cccc(Cn3c(-c4ccccc4)c(-c4ccccc4)c4c(=N)n(C5CCC(O)CC5)cnc43)c2)c1. The molecule has 0 radical (unpaired) electrons. The Bertz CT molecular complexity index is 3440. The van der Waals surface area contributed by atoms with E-state index in [2.05, 4.69) is 74.1 Å². The van der Waals surface area contributed by atoms with Crippen LogP contribution in [0.25, 0.3) is 33.4 Å². The zero-order valence-electron chi connectivity index (χ0n) is 47.8. The van der Waals surface area contributed by atoms with Crippen LogP contribution in [-0.4, -0.2) is 115 Å². The van der Waals surface area contributed by atoms with Crippen molar-refractivity contribution in [3.8, 4) is 40.0 Å². The zero-order chi connectivity index (χ0) is 58.8. The van der Waals surface area contributed by atoms with Crippen LogP contribution in [0.1, 0.15) is 120 Å². The highest BCUT2D eigenvalue weighted by molar-refractivity contribution is 6.03. The molecule has 1 aliphatic heterocycles. The van der Waals surface area contributed by atoms with E-state index >= 15 is 0 Å². The lowest BCUT2D eigenvalue weighted by atomic mass is 9.85. The first-order valence-electron chi connectivity index (χ1n) is 28.9. The minimum Gasteiger partial charge on any atom is -0.483 e. The molecule has 5 amide bonds. The molecule has 0 bridgehead atoms. The number of aliphatic hydroxyl groups excluding tert-OH is 2. The molecule has 4 aromatic carbocycles. The molecule has 2 aromatic heterocycles. The fourth-order valence-electron chi connectivity index (χ4n) is 11.1. The van der Waals surface area contributed by atoms with Crippen LogP contribution < -0.4 is 31.5 Å². The van der Waals surface area contributed by atoms with Crippen molar-refractivity contribution >= 4 is 40.6 Å². The molecule has 9 rings (SSSR count). The number of nitrogens with zero attached hydrogens (tertiary/aromatic N) is 4. The summed E-state index contributed by atoms with van der Waals surface area (Å²) in [5.74, 6) is 4.47. The number of rotatable bonds is 21. The van der Waals surface area contributed by atoms with E-state index in [1.807, 2.05) is 66.1 Å². The third kappa shape index (κ3) is 14.7. The van der Waals surface area contributed by atoms with Crippen molar-refractivity contribution in [1.82, 2.24) is 40.3 Å². The summed E-state index contributed by atoms with van der Waals surface area (Å²) in [6.07, 6.45) is 5.93. The summed E-state index contributed by atoms with van der Waals surface area (Å²) in [5, 5.41) is 42.3. The molecule has 2 aliphatic carbocycles. The number of halogens is 1. The molecule has 3 aliphatic rings. The van der Waals surface area contributed by atoms with Gasteiger partial charge in [0.15, 0.2) is 12.3 Å². The van der Waals surface area contributed by atoms with E-state index in [0.29, 0.717) is 55.4 Å². The van der Waals surface area contributed by atoms with Crippen LogP contribution in [0.2, 0.25) is 0 Å². The smallest absolute Gasteiger partial charge is 0.258 e. The number of amides is 5. The van der Waals surface area contributed by atoms with Crippen molar-refractivity contribution in [3.05, 3.63) is 137 Å². The summed E-state index contributed by atoms with van der Waals surface area (Å²) >= 11 is 0.